The molecule has 2 rings (SSSR count). The minimum atomic E-state index is 0.629. The van der Waals surface area contributed by atoms with E-state index in [1.54, 1.807) is 0 Å². The van der Waals surface area contributed by atoms with Gasteiger partial charge >= 0.3 is 0 Å². The first-order valence-corrected chi connectivity index (χ1v) is 9.96. The Morgan fingerprint density at radius 1 is 1.17 bits per heavy atom. The van der Waals surface area contributed by atoms with Crippen LogP contribution in [0, 0.1) is 5.92 Å². The van der Waals surface area contributed by atoms with E-state index in [1.807, 2.05) is 0 Å². The Bertz CT molecular complexity index is 488. The zero-order chi connectivity index (χ0) is 17.2. The molecule has 2 nitrogen and oxygen atoms in total. The van der Waals surface area contributed by atoms with Crippen molar-refractivity contribution in [3.05, 3.63) is 41.5 Å². The highest BCUT2D eigenvalue weighted by atomic mass is 15.1. The van der Waals surface area contributed by atoms with Crippen molar-refractivity contribution in [2.75, 3.05) is 32.7 Å². The van der Waals surface area contributed by atoms with Crippen molar-refractivity contribution < 1.29 is 0 Å². The lowest BCUT2D eigenvalue weighted by molar-refractivity contribution is 0.202. The highest BCUT2D eigenvalue weighted by Gasteiger charge is 2.20. The van der Waals surface area contributed by atoms with Gasteiger partial charge in [0.1, 0.15) is 0 Å². The third kappa shape index (κ3) is 5.75. The third-order valence-electron chi connectivity index (χ3n) is 5.36. The standard InChI is InChI=1S/C22H36N2/c1-4-7-10-21-11-8-9-12-22(21)20(5-2)18-24(6-3)17-19-13-15-23-16-14-19/h7-12,19-20,23H,4-6,13-18H2,1-3H3/b10-7-. The van der Waals surface area contributed by atoms with E-state index in [4.69, 9.17) is 0 Å². The molecule has 1 heterocycles. The van der Waals surface area contributed by atoms with Crippen molar-refractivity contribution in [1.82, 2.24) is 10.2 Å². The van der Waals surface area contributed by atoms with Gasteiger partial charge in [0.15, 0.2) is 0 Å². The quantitative estimate of drug-likeness (QED) is 0.692. The number of benzene rings is 1. The lowest BCUT2D eigenvalue weighted by Crippen LogP contribution is -2.38. The Morgan fingerprint density at radius 2 is 1.92 bits per heavy atom. The van der Waals surface area contributed by atoms with Gasteiger partial charge in [-0.15, -0.1) is 0 Å². The van der Waals surface area contributed by atoms with E-state index >= 15 is 0 Å². The fourth-order valence-corrected chi connectivity index (χ4v) is 3.80. The maximum Gasteiger partial charge on any atom is 0.00504 e. The molecule has 1 N–H and O–H groups in total. The van der Waals surface area contributed by atoms with Crippen LogP contribution in [-0.4, -0.2) is 37.6 Å². The SMILES string of the molecule is CC/C=C\c1ccccc1C(CC)CN(CC)CC1CCNCC1. The molecule has 2 heteroatoms. The fourth-order valence-electron chi connectivity index (χ4n) is 3.80. The second-order valence-corrected chi connectivity index (χ2v) is 7.09. The lowest BCUT2D eigenvalue weighted by atomic mass is 9.90. The molecule has 0 aromatic heterocycles. The van der Waals surface area contributed by atoms with E-state index in [0.717, 1.165) is 18.9 Å². The van der Waals surface area contributed by atoms with E-state index in [9.17, 15) is 0 Å². The maximum absolute atomic E-state index is 3.48. The van der Waals surface area contributed by atoms with Gasteiger partial charge in [0.05, 0.1) is 0 Å². The molecule has 24 heavy (non-hydrogen) atoms. The number of rotatable bonds is 9. The van der Waals surface area contributed by atoms with Gasteiger partial charge in [-0.05, 0) is 68.3 Å². The summed E-state index contributed by atoms with van der Waals surface area (Å²) in [5, 5.41) is 3.48. The Balaban J connectivity index is 2.05. The summed E-state index contributed by atoms with van der Waals surface area (Å²) in [4.78, 5) is 2.68. The summed E-state index contributed by atoms with van der Waals surface area (Å²) >= 11 is 0. The van der Waals surface area contributed by atoms with Crippen LogP contribution < -0.4 is 5.32 Å². The summed E-state index contributed by atoms with van der Waals surface area (Å²) in [5.41, 5.74) is 2.93. The van der Waals surface area contributed by atoms with Gasteiger partial charge < -0.3 is 10.2 Å². The van der Waals surface area contributed by atoms with Crippen LogP contribution in [-0.2, 0) is 0 Å². The van der Waals surface area contributed by atoms with Gasteiger partial charge in [-0.3, -0.25) is 0 Å². The molecule has 1 aliphatic rings. The average molecular weight is 329 g/mol. The molecule has 0 bridgehead atoms. The van der Waals surface area contributed by atoms with Gasteiger partial charge in [-0.25, -0.2) is 0 Å². The molecule has 0 spiro atoms. The number of allylic oxidation sites excluding steroid dienone is 1. The first-order valence-electron chi connectivity index (χ1n) is 9.96. The smallest absolute Gasteiger partial charge is 0.00504 e. The minimum Gasteiger partial charge on any atom is -0.317 e. The summed E-state index contributed by atoms with van der Waals surface area (Å²) < 4.78 is 0. The molecular formula is C22H36N2. The fraction of sp³-hybridized carbons (Fsp3) is 0.636. The van der Waals surface area contributed by atoms with Crippen molar-refractivity contribution in [2.24, 2.45) is 5.92 Å². The highest BCUT2D eigenvalue weighted by molar-refractivity contribution is 5.54. The average Bonchev–Trinajstić information content (AvgIpc) is 2.64. The summed E-state index contributed by atoms with van der Waals surface area (Å²) in [7, 11) is 0. The predicted molar refractivity (Wildman–Crippen MR) is 107 cm³/mol. The number of nitrogens with zero attached hydrogens (tertiary/aromatic N) is 1. The van der Waals surface area contributed by atoms with Crippen LogP contribution in [0.2, 0.25) is 0 Å². The minimum absolute atomic E-state index is 0.629. The second-order valence-electron chi connectivity index (χ2n) is 7.09. The second kappa shape index (κ2) is 10.7. The van der Waals surface area contributed by atoms with Crippen LogP contribution in [0.1, 0.15) is 63.5 Å². The Morgan fingerprint density at radius 3 is 2.58 bits per heavy atom. The summed E-state index contributed by atoms with van der Waals surface area (Å²) in [6, 6.07) is 8.97. The number of hydrogen-bond acceptors (Lipinski definition) is 2. The van der Waals surface area contributed by atoms with E-state index < -0.39 is 0 Å². The number of likely N-dealkylation sites (N-methyl/N-ethyl adjacent to an activating group) is 1. The van der Waals surface area contributed by atoms with E-state index in [2.05, 4.69) is 67.4 Å². The topological polar surface area (TPSA) is 15.3 Å². The Kier molecular flexibility index (Phi) is 8.55. The summed E-state index contributed by atoms with van der Waals surface area (Å²) in [5.74, 6) is 1.50. The van der Waals surface area contributed by atoms with Crippen LogP contribution in [0.3, 0.4) is 0 Å². The van der Waals surface area contributed by atoms with Crippen LogP contribution in [0.25, 0.3) is 6.08 Å². The molecule has 1 unspecified atom stereocenters. The first-order chi connectivity index (χ1) is 11.8. The van der Waals surface area contributed by atoms with Crippen molar-refractivity contribution in [2.45, 2.75) is 52.4 Å². The Hall–Kier alpha value is -1.12. The molecule has 134 valence electrons. The third-order valence-corrected chi connectivity index (χ3v) is 5.36. The van der Waals surface area contributed by atoms with Crippen LogP contribution in [0.4, 0.5) is 0 Å². The zero-order valence-corrected chi connectivity index (χ0v) is 15.9. The normalized spacial score (nSPS) is 17.7. The van der Waals surface area contributed by atoms with E-state index in [-0.39, 0.29) is 0 Å². The maximum atomic E-state index is 3.48. The molecule has 0 radical (unpaired) electrons. The molecule has 1 aromatic rings. The first kappa shape index (κ1) is 19.2. The monoisotopic (exact) mass is 328 g/mol. The van der Waals surface area contributed by atoms with Gasteiger partial charge in [-0.1, -0.05) is 57.2 Å². The summed E-state index contributed by atoms with van der Waals surface area (Å²) in [6.45, 7) is 12.9. The van der Waals surface area contributed by atoms with Gasteiger partial charge in [-0.2, -0.15) is 0 Å². The molecule has 1 aromatic carbocycles. The number of hydrogen-bond donors (Lipinski definition) is 1. The van der Waals surface area contributed by atoms with Gasteiger partial charge in [0, 0.05) is 13.1 Å². The van der Waals surface area contributed by atoms with Gasteiger partial charge in [0.2, 0.25) is 0 Å². The molecular weight excluding hydrogens is 292 g/mol. The number of piperidine rings is 1. The van der Waals surface area contributed by atoms with Crippen molar-refractivity contribution in [3.8, 4) is 0 Å². The highest BCUT2D eigenvalue weighted by Crippen LogP contribution is 2.26. The molecule has 0 aliphatic carbocycles. The van der Waals surface area contributed by atoms with Crippen molar-refractivity contribution >= 4 is 6.08 Å². The van der Waals surface area contributed by atoms with E-state index in [0.29, 0.717) is 5.92 Å². The molecule has 1 atom stereocenters. The van der Waals surface area contributed by atoms with Crippen LogP contribution in [0.15, 0.2) is 30.3 Å². The molecule has 1 saturated heterocycles. The Labute approximate surface area is 149 Å². The molecule has 1 fully saturated rings. The van der Waals surface area contributed by atoms with Crippen LogP contribution in [0.5, 0.6) is 0 Å². The largest absolute Gasteiger partial charge is 0.317 e. The van der Waals surface area contributed by atoms with E-state index in [1.165, 1.54) is 56.6 Å². The zero-order valence-electron chi connectivity index (χ0n) is 15.9. The number of nitrogens with one attached hydrogen (secondary N) is 1. The van der Waals surface area contributed by atoms with Crippen molar-refractivity contribution in [1.29, 1.82) is 0 Å². The van der Waals surface area contributed by atoms with Gasteiger partial charge in [0.25, 0.3) is 0 Å². The van der Waals surface area contributed by atoms with Crippen molar-refractivity contribution in [3.63, 3.8) is 0 Å². The lowest BCUT2D eigenvalue weighted by Gasteiger charge is -2.32. The molecule has 0 amide bonds. The molecule has 1 aliphatic heterocycles. The predicted octanol–water partition coefficient (Wildman–Crippen LogP) is 4.92. The molecule has 0 saturated carbocycles. The van der Waals surface area contributed by atoms with Crippen LogP contribution >= 0.6 is 0 Å². The summed E-state index contributed by atoms with van der Waals surface area (Å²) in [6.07, 6.45) is 9.56.